The van der Waals surface area contributed by atoms with Crippen molar-refractivity contribution in [2.45, 2.75) is 32.2 Å². The lowest BCUT2D eigenvalue weighted by molar-refractivity contribution is -0.136. The third-order valence-electron chi connectivity index (χ3n) is 7.66. The van der Waals surface area contributed by atoms with E-state index in [4.69, 9.17) is 0 Å². The molecule has 0 N–H and O–H groups in total. The number of hydrogen-bond donors (Lipinski definition) is 0. The first-order chi connectivity index (χ1) is 16.4. The number of nitrogens with zero attached hydrogens (tertiary/aromatic N) is 4. The maximum absolute atomic E-state index is 14.2. The predicted octanol–water partition coefficient (Wildman–Crippen LogP) is 4.07. The first kappa shape index (κ1) is 23.2. The molecule has 2 unspecified atom stereocenters. The van der Waals surface area contributed by atoms with Gasteiger partial charge in [-0.3, -0.25) is 9.69 Å². The number of amides is 1. The van der Waals surface area contributed by atoms with Crippen LogP contribution in [-0.2, 0) is 4.79 Å². The number of rotatable bonds is 5. The Kier molecular flexibility index (Phi) is 6.58. The standard InChI is InChI=1S/C27H34F2N4O/c1-19(2)27(34)32-15-13-30(14-16-32)11-12-31-10-9-26-24(18-31)23-17-21(29)5-8-25(23)33(26)22-6-3-20(28)4-7-22/h3-8,17,19,24,26H,9-16,18H2,1-2H3. The highest BCUT2D eigenvalue weighted by Gasteiger charge is 2.42. The summed E-state index contributed by atoms with van der Waals surface area (Å²) in [6.45, 7) is 11.2. The van der Waals surface area contributed by atoms with Crippen LogP contribution in [0.5, 0.6) is 0 Å². The number of carbonyl (C=O) groups excluding carboxylic acids is 1. The van der Waals surface area contributed by atoms with Crippen molar-refractivity contribution in [3.63, 3.8) is 0 Å². The number of carbonyl (C=O) groups is 1. The molecule has 1 amide bonds. The lowest BCUT2D eigenvalue weighted by Crippen LogP contribution is -2.52. The topological polar surface area (TPSA) is 30.0 Å². The van der Waals surface area contributed by atoms with Gasteiger partial charge < -0.3 is 14.7 Å². The van der Waals surface area contributed by atoms with Gasteiger partial charge >= 0.3 is 0 Å². The van der Waals surface area contributed by atoms with Crippen molar-refractivity contribution in [2.75, 3.05) is 57.3 Å². The normalized spacial score (nSPS) is 23.3. The SMILES string of the molecule is CC(C)C(=O)N1CCN(CCN2CCC3C(C2)c2cc(F)ccc2N3c2ccc(F)cc2)CC1. The number of piperidine rings is 1. The summed E-state index contributed by atoms with van der Waals surface area (Å²) in [4.78, 5) is 21.4. The fourth-order valence-corrected chi connectivity index (χ4v) is 5.82. The van der Waals surface area contributed by atoms with E-state index in [1.807, 2.05) is 36.9 Å². The lowest BCUT2D eigenvalue weighted by Gasteiger charge is -2.40. The minimum absolute atomic E-state index is 0.0569. The van der Waals surface area contributed by atoms with Crippen molar-refractivity contribution in [3.8, 4) is 0 Å². The quantitative estimate of drug-likeness (QED) is 0.662. The van der Waals surface area contributed by atoms with Gasteiger partial charge in [0.05, 0.1) is 0 Å². The van der Waals surface area contributed by atoms with Crippen molar-refractivity contribution < 1.29 is 13.6 Å². The zero-order valence-electron chi connectivity index (χ0n) is 20.1. The summed E-state index contributed by atoms with van der Waals surface area (Å²) in [5.41, 5.74) is 3.06. The average molecular weight is 469 g/mol. The van der Waals surface area contributed by atoms with Crippen molar-refractivity contribution in [3.05, 3.63) is 59.7 Å². The van der Waals surface area contributed by atoms with Gasteiger partial charge in [-0.25, -0.2) is 8.78 Å². The molecule has 2 saturated heterocycles. The molecule has 0 radical (unpaired) electrons. The van der Waals surface area contributed by atoms with Gasteiger partial charge in [-0.1, -0.05) is 13.8 Å². The molecule has 5 nitrogen and oxygen atoms in total. The van der Waals surface area contributed by atoms with Gasteiger partial charge in [0.15, 0.2) is 0 Å². The first-order valence-corrected chi connectivity index (χ1v) is 12.5. The fraction of sp³-hybridized carbons (Fsp3) is 0.519. The first-order valence-electron chi connectivity index (χ1n) is 12.5. The van der Waals surface area contributed by atoms with Crippen LogP contribution >= 0.6 is 0 Å². The van der Waals surface area contributed by atoms with E-state index in [1.54, 1.807) is 6.07 Å². The lowest BCUT2D eigenvalue weighted by atomic mass is 9.89. The Hall–Kier alpha value is -2.51. The Bertz CT molecular complexity index is 1020. The fourth-order valence-electron chi connectivity index (χ4n) is 5.82. The number of anilines is 2. The van der Waals surface area contributed by atoms with Crippen LogP contribution in [0.3, 0.4) is 0 Å². The van der Waals surface area contributed by atoms with Crippen LogP contribution in [0.15, 0.2) is 42.5 Å². The Morgan fingerprint density at radius 3 is 2.29 bits per heavy atom. The summed E-state index contributed by atoms with van der Waals surface area (Å²) in [6, 6.07) is 12.0. The molecule has 3 aliphatic heterocycles. The van der Waals surface area contributed by atoms with Gasteiger partial charge in [0.25, 0.3) is 0 Å². The smallest absolute Gasteiger partial charge is 0.225 e. The molecule has 0 aromatic heterocycles. The van der Waals surface area contributed by atoms with Gasteiger partial charge in [-0.05, 0) is 54.4 Å². The van der Waals surface area contributed by atoms with Crippen molar-refractivity contribution >= 4 is 17.3 Å². The zero-order chi connectivity index (χ0) is 23.8. The summed E-state index contributed by atoms with van der Waals surface area (Å²) in [5.74, 6) is 0.0819. The second-order valence-electron chi connectivity index (χ2n) is 10.1. The third kappa shape index (κ3) is 4.56. The Morgan fingerprint density at radius 1 is 0.912 bits per heavy atom. The molecule has 3 aliphatic rings. The monoisotopic (exact) mass is 468 g/mol. The molecule has 2 aromatic carbocycles. The highest BCUT2D eigenvalue weighted by atomic mass is 19.1. The molecular weight excluding hydrogens is 434 g/mol. The maximum Gasteiger partial charge on any atom is 0.225 e. The van der Waals surface area contributed by atoms with E-state index in [0.29, 0.717) is 0 Å². The van der Waals surface area contributed by atoms with Crippen LogP contribution < -0.4 is 4.90 Å². The summed E-state index contributed by atoms with van der Waals surface area (Å²) >= 11 is 0. The van der Waals surface area contributed by atoms with E-state index in [2.05, 4.69) is 14.7 Å². The zero-order valence-corrected chi connectivity index (χ0v) is 20.1. The van der Waals surface area contributed by atoms with Crippen molar-refractivity contribution in [1.82, 2.24) is 14.7 Å². The second kappa shape index (κ2) is 9.62. The van der Waals surface area contributed by atoms with Gasteiger partial charge in [-0.2, -0.15) is 0 Å². The number of benzene rings is 2. The van der Waals surface area contributed by atoms with E-state index in [1.165, 1.54) is 18.2 Å². The Morgan fingerprint density at radius 2 is 1.59 bits per heavy atom. The molecule has 0 aliphatic carbocycles. The predicted molar refractivity (Wildman–Crippen MR) is 130 cm³/mol. The Balaban J connectivity index is 1.23. The number of fused-ring (bicyclic) bond motifs is 3. The summed E-state index contributed by atoms with van der Waals surface area (Å²) in [6.07, 6.45) is 0.981. The molecule has 5 rings (SSSR count). The van der Waals surface area contributed by atoms with Crippen LogP contribution in [0.25, 0.3) is 0 Å². The Labute approximate surface area is 200 Å². The highest BCUT2D eigenvalue weighted by molar-refractivity contribution is 5.78. The number of likely N-dealkylation sites (tertiary alicyclic amines) is 1. The van der Waals surface area contributed by atoms with Gasteiger partial charge in [-0.15, -0.1) is 0 Å². The van der Waals surface area contributed by atoms with Crippen LogP contribution in [0, 0.1) is 17.6 Å². The maximum atomic E-state index is 14.2. The van der Waals surface area contributed by atoms with Crippen molar-refractivity contribution in [2.24, 2.45) is 5.92 Å². The van der Waals surface area contributed by atoms with Crippen LogP contribution in [0.1, 0.15) is 31.7 Å². The van der Waals surface area contributed by atoms with Crippen LogP contribution in [0.2, 0.25) is 0 Å². The summed E-state index contributed by atoms with van der Waals surface area (Å²) in [5, 5.41) is 0. The van der Waals surface area contributed by atoms with E-state index < -0.39 is 0 Å². The average Bonchev–Trinajstić information content (AvgIpc) is 3.16. The second-order valence-corrected chi connectivity index (χ2v) is 10.1. The molecular formula is C27H34F2N4O. The third-order valence-corrected chi connectivity index (χ3v) is 7.66. The molecule has 7 heteroatoms. The van der Waals surface area contributed by atoms with E-state index in [0.717, 1.165) is 75.7 Å². The van der Waals surface area contributed by atoms with E-state index in [-0.39, 0.29) is 35.4 Å². The van der Waals surface area contributed by atoms with Crippen molar-refractivity contribution in [1.29, 1.82) is 0 Å². The number of hydrogen-bond acceptors (Lipinski definition) is 4. The van der Waals surface area contributed by atoms with E-state index in [9.17, 15) is 13.6 Å². The molecule has 2 aromatic rings. The number of halogens is 2. The van der Waals surface area contributed by atoms with Crippen LogP contribution in [0.4, 0.5) is 20.2 Å². The minimum Gasteiger partial charge on any atom is -0.340 e. The molecule has 34 heavy (non-hydrogen) atoms. The number of piperazine rings is 1. The largest absolute Gasteiger partial charge is 0.340 e. The van der Waals surface area contributed by atoms with E-state index >= 15 is 0 Å². The highest BCUT2D eigenvalue weighted by Crippen LogP contribution is 2.48. The van der Waals surface area contributed by atoms with Gasteiger partial charge in [0, 0.05) is 81.6 Å². The minimum atomic E-state index is -0.247. The van der Waals surface area contributed by atoms with Gasteiger partial charge in [0.1, 0.15) is 11.6 Å². The molecule has 182 valence electrons. The molecule has 0 spiro atoms. The van der Waals surface area contributed by atoms with Crippen LogP contribution in [-0.4, -0.2) is 79.0 Å². The summed E-state index contributed by atoms with van der Waals surface area (Å²) in [7, 11) is 0. The summed E-state index contributed by atoms with van der Waals surface area (Å²) < 4.78 is 27.8. The molecule has 0 saturated carbocycles. The van der Waals surface area contributed by atoms with Gasteiger partial charge in [0.2, 0.25) is 5.91 Å². The molecule has 3 heterocycles. The molecule has 2 atom stereocenters. The molecule has 0 bridgehead atoms. The molecule has 2 fully saturated rings.